The highest BCUT2D eigenvalue weighted by Crippen LogP contribution is 2.09. The Morgan fingerprint density at radius 2 is 2.29 bits per heavy atom. The highest BCUT2D eigenvalue weighted by Gasteiger charge is 1.92. The van der Waals surface area contributed by atoms with E-state index in [0.29, 0.717) is 5.15 Å². The van der Waals surface area contributed by atoms with Crippen LogP contribution in [-0.2, 0) is 0 Å². The van der Waals surface area contributed by atoms with E-state index in [1.807, 2.05) is 17.8 Å². The summed E-state index contributed by atoms with van der Waals surface area (Å²) >= 11 is 7.56. The van der Waals surface area contributed by atoms with Crippen LogP contribution in [0.25, 0.3) is 0 Å². The van der Waals surface area contributed by atoms with Crippen LogP contribution in [0.4, 0.5) is 5.69 Å². The zero-order chi connectivity index (χ0) is 10.2. The van der Waals surface area contributed by atoms with Crippen molar-refractivity contribution >= 4 is 29.1 Å². The van der Waals surface area contributed by atoms with E-state index in [2.05, 4.69) is 16.6 Å². The molecule has 0 fully saturated rings. The van der Waals surface area contributed by atoms with Gasteiger partial charge >= 0.3 is 0 Å². The van der Waals surface area contributed by atoms with Gasteiger partial charge in [0.1, 0.15) is 5.15 Å². The average molecular weight is 231 g/mol. The van der Waals surface area contributed by atoms with Gasteiger partial charge in [0, 0.05) is 6.54 Å². The number of nitrogens with one attached hydrogen (secondary N) is 1. The second-order valence-electron chi connectivity index (χ2n) is 3.00. The molecule has 0 aliphatic rings. The summed E-state index contributed by atoms with van der Waals surface area (Å²) < 4.78 is 0. The van der Waals surface area contributed by atoms with Crippen molar-refractivity contribution in [2.24, 2.45) is 0 Å². The summed E-state index contributed by atoms with van der Waals surface area (Å²) in [5.41, 5.74) is 1.04. The molecule has 0 aliphatic carbocycles. The molecule has 0 spiro atoms. The van der Waals surface area contributed by atoms with Crippen LogP contribution in [0.3, 0.4) is 0 Å². The first-order chi connectivity index (χ1) is 6.83. The maximum atomic E-state index is 5.67. The van der Waals surface area contributed by atoms with Crippen LogP contribution in [0.2, 0.25) is 5.15 Å². The molecule has 0 aliphatic heterocycles. The molecular formula is C10H15ClN2S. The molecule has 1 aromatic heterocycles. The molecule has 2 nitrogen and oxygen atoms in total. The minimum atomic E-state index is 0.540. The van der Waals surface area contributed by atoms with Gasteiger partial charge in [-0.05, 0) is 37.0 Å². The van der Waals surface area contributed by atoms with Crippen LogP contribution in [0, 0.1) is 0 Å². The second kappa shape index (κ2) is 6.96. The van der Waals surface area contributed by atoms with Gasteiger partial charge in [-0.25, -0.2) is 4.98 Å². The van der Waals surface area contributed by atoms with E-state index < -0.39 is 0 Å². The van der Waals surface area contributed by atoms with Crippen LogP contribution in [0.15, 0.2) is 18.3 Å². The summed E-state index contributed by atoms with van der Waals surface area (Å²) in [6.07, 6.45) is 6.35. The lowest BCUT2D eigenvalue weighted by molar-refractivity contribution is 0.843. The monoisotopic (exact) mass is 230 g/mol. The van der Waals surface area contributed by atoms with Crippen LogP contribution in [-0.4, -0.2) is 23.5 Å². The normalized spacial score (nSPS) is 10.1. The Morgan fingerprint density at radius 3 is 2.93 bits per heavy atom. The van der Waals surface area contributed by atoms with Crippen molar-refractivity contribution in [3.05, 3.63) is 23.5 Å². The standard InChI is InChI=1S/C10H15ClN2S/c1-14-7-3-2-6-12-9-4-5-10(11)13-8-9/h4-5,8,12H,2-3,6-7H2,1H3. The maximum Gasteiger partial charge on any atom is 0.129 e. The zero-order valence-electron chi connectivity index (χ0n) is 8.29. The van der Waals surface area contributed by atoms with Gasteiger partial charge < -0.3 is 5.32 Å². The topological polar surface area (TPSA) is 24.9 Å². The number of hydrogen-bond donors (Lipinski definition) is 1. The molecule has 4 heteroatoms. The SMILES string of the molecule is CSCCCCNc1ccc(Cl)nc1. The van der Waals surface area contributed by atoms with Crippen molar-refractivity contribution in [2.75, 3.05) is 23.9 Å². The number of nitrogens with zero attached hydrogens (tertiary/aromatic N) is 1. The Morgan fingerprint density at radius 1 is 1.43 bits per heavy atom. The van der Waals surface area contributed by atoms with Crippen molar-refractivity contribution in [3.63, 3.8) is 0 Å². The average Bonchev–Trinajstić information content (AvgIpc) is 2.21. The fraction of sp³-hybridized carbons (Fsp3) is 0.500. The third-order valence-electron chi connectivity index (χ3n) is 1.83. The first-order valence-corrected chi connectivity index (χ1v) is 6.44. The number of aromatic nitrogens is 1. The largest absolute Gasteiger partial charge is 0.384 e. The summed E-state index contributed by atoms with van der Waals surface area (Å²) in [6, 6.07) is 3.75. The smallest absolute Gasteiger partial charge is 0.129 e. The lowest BCUT2D eigenvalue weighted by atomic mass is 10.3. The quantitative estimate of drug-likeness (QED) is 0.600. The molecule has 0 aromatic carbocycles. The molecule has 0 amide bonds. The van der Waals surface area contributed by atoms with E-state index in [4.69, 9.17) is 11.6 Å². The molecule has 1 heterocycles. The number of thioether (sulfide) groups is 1. The van der Waals surface area contributed by atoms with Crippen LogP contribution in [0.5, 0.6) is 0 Å². The van der Waals surface area contributed by atoms with Gasteiger partial charge in [-0.15, -0.1) is 0 Å². The Kier molecular flexibility index (Phi) is 5.80. The molecular weight excluding hydrogens is 216 g/mol. The summed E-state index contributed by atoms with van der Waals surface area (Å²) in [5, 5.41) is 3.84. The minimum absolute atomic E-state index is 0.540. The minimum Gasteiger partial charge on any atom is -0.384 e. The first-order valence-electron chi connectivity index (χ1n) is 4.67. The van der Waals surface area contributed by atoms with E-state index in [0.717, 1.165) is 12.2 Å². The lowest BCUT2D eigenvalue weighted by Gasteiger charge is -2.04. The molecule has 0 saturated carbocycles. The molecule has 0 atom stereocenters. The Bertz CT molecular complexity index is 251. The van der Waals surface area contributed by atoms with E-state index in [1.54, 1.807) is 12.3 Å². The lowest BCUT2D eigenvalue weighted by Crippen LogP contribution is -2.01. The summed E-state index contributed by atoms with van der Waals surface area (Å²) in [4.78, 5) is 3.99. The third kappa shape index (κ3) is 4.72. The van der Waals surface area contributed by atoms with Crippen molar-refractivity contribution < 1.29 is 0 Å². The highest BCUT2D eigenvalue weighted by molar-refractivity contribution is 7.98. The van der Waals surface area contributed by atoms with Crippen LogP contribution < -0.4 is 5.32 Å². The first kappa shape index (κ1) is 11.7. The van der Waals surface area contributed by atoms with E-state index >= 15 is 0 Å². The molecule has 1 aromatic rings. The second-order valence-corrected chi connectivity index (χ2v) is 4.37. The summed E-state index contributed by atoms with van der Waals surface area (Å²) in [7, 11) is 0. The molecule has 78 valence electrons. The fourth-order valence-electron chi connectivity index (χ4n) is 1.08. The molecule has 1 N–H and O–H groups in total. The van der Waals surface area contributed by atoms with Crippen molar-refractivity contribution in [3.8, 4) is 0 Å². The highest BCUT2D eigenvalue weighted by atomic mass is 35.5. The number of rotatable bonds is 6. The third-order valence-corrected chi connectivity index (χ3v) is 2.75. The Labute approximate surface area is 94.5 Å². The van der Waals surface area contributed by atoms with Gasteiger partial charge in [-0.1, -0.05) is 11.6 Å². The van der Waals surface area contributed by atoms with E-state index in [-0.39, 0.29) is 0 Å². The molecule has 0 radical (unpaired) electrons. The predicted molar refractivity (Wildman–Crippen MR) is 65.4 cm³/mol. The van der Waals surface area contributed by atoms with Crippen LogP contribution in [0.1, 0.15) is 12.8 Å². The van der Waals surface area contributed by atoms with Gasteiger partial charge in [-0.3, -0.25) is 0 Å². The van der Waals surface area contributed by atoms with Gasteiger partial charge in [0.15, 0.2) is 0 Å². The maximum absolute atomic E-state index is 5.67. The fourth-order valence-corrected chi connectivity index (χ4v) is 1.69. The predicted octanol–water partition coefficient (Wildman–Crippen LogP) is 3.29. The van der Waals surface area contributed by atoms with E-state index in [9.17, 15) is 0 Å². The summed E-state index contributed by atoms with van der Waals surface area (Å²) in [6.45, 7) is 1.00. The zero-order valence-corrected chi connectivity index (χ0v) is 9.87. The molecule has 0 unspecified atom stereocenters. The van der Waals surface area contributed by atoms with Crippen LogP contribution >= 0.6 is 23.4 Å². The van der Waals surface area contributed by atoms with Gasteiger partial charge in [0.25, 0.3) is 0 Å². The van der Waals surface area contributed by atoms with Gasteiger partial charge in [0.2, 0.25) is 0 Å². The molecule has 1 rings (SSSR count). The molecule has 0 saturated heterocycles. The van der Waals surface area contributed by atoms with E-state index in [1.165, 1.54) is 18.6 Å². The Balaban J connectivity index is 2.15. The van der Waals surface area contributed by atoms with Crippen molar-refractivity contribution in [1.82, 2.24) is 4.98 Å². The van der Waals surface area contributed by atoms with Gasteiger partial charge in [0.05, 0.1) is 11.9 Å². The molecule has 14 heavy (non-hydrogen) atoms. The van der Waals surface area contributed by atoms with Crippen molar-refractivity contribution in [1.29, 1.82) is 0 Å². The number of pyridine rings is 1. The number of anilines is 1. The Hall–Kier alpha value is -0.410. The van der Waals surface area contributed by atoms with Crippen molar-refractivity contribution in [2.45, 2.75) is 12.8 Å². The number of unbranched alkanes of at least 4 members (excludes halogenated alkanes) is 1. The van der Waals surface area contributed by atoms with Gasteiger partial charge in [-0.2, -0.15) is 11.8 Å². The number of hydrogen-bond acceptors (Lipinski definition) is 3. The summed E-state index contributed by atoms with van der Waals surface area (Å²) in [5.74, 6) is 1.24. The number of halogens is 1. The molecule has 0 bridgehead atoms.